The lowest BCUT2D eigenvalue weighted by atomic mass is 10.2. The van der Waals surface area contributed by atoms with Crippen molar-refractivity contribution in [2.24, 2.45) is 0 Å². The zero-order valence-corrected chi connectivity index (χ0v) is 11.1. The average Bonchev–Trinajstić information content (AvgIpc) is 2.81. The van der Waals surface area contributed by atoms with Gasteiger partial charge in [0.2, 0.25) is 0 Å². The van der Waals surface area contributed by atoms with E-state index in [9.17, 15) is 8.42 Å². The number of nitrogen functional groups attached to an aromatic ring is 1. The molecule has 7 heteroatoms. The minimum absolute atomic E-state index is 0.174. The minimum Gasteiger partial charge on any atom is -0.399 e. The molecule has 0 radical (unpaired) electrons. The number of anilines is 1. The summed E-state index contributed by atoms with van der Waals surface area (Å²) in [7, 11) is -4.22. The van der Waals surface area contributed by atoms with Crippen molar-refractivity contribution in [1.29, 1.82) is 0 Å². The van der Waals surface area contributed by atoms with Crippen LogP contribution in [-0.2, 0) is 10.1 Å². The van der Waals surface area contributed by atoms with Crippen LogP contribution in [0.25, 0.3) is 16.7 Å². The molecule has 0 atom stereocenters. The number of hydrogen-bond donors (Lipinski definition) is 2. The van der Waals surface area contributed by atoms with Crippen molar-refractivity contribution in [3.63, 3.8) is 0 Å². The Balaban J connectivity index is 2.17. The molecular weight excluding hydrogens is 278 g/mol. The van der Waals surface area contributed by atoms with Gasteiger partial charge >= 0.3 is 0 Å². The molecule has 0 fully saturated rings. The Hall–Kier alpha value is -2.38. The predicted octanol–water partition coefficient (Wildman–Crippen LogP) is 1.85. The third-order valence-corrected chi connectivity index (χ3v) is 3.84. The fourth-order valence-corrected chi connectivity index (χ4v) is 2.49. The van der Waals surface area contributed by atoms with Crippen molar-refractivity contribution >= 4 is 26.8 Å². The molecule has 1 heterocycles. The maximum atomic E-state index is 11.1. The summed E-state index contributed by atoms with van der Waals surface area (Å²) in [5.74, 6) is 0. The summed E-state index contributed by atoms with van der Waals surface area (Å²) in [6.45, 7) is 0. The first-order valence-electron chi connectivity index (χ1n) is 5.76. The molecule has 0 aliphatic rings. The van der Waals surface area contributed by atoms with Crippen LogP contribution in [0.1, 0.15) is 0 Å². The molecule has 2 aromatic carbocycles. The van der Waals surface area contributed by atoms with E-state index in [4.69, 9.17) is 10.3 Å². The van der Waals surface area contributed by atoms with Gasteiger partial charge in [-0.2, -0.15) is 8.42 Å². The second kappa shape index (κ2) is 4.32. The van der Waals surface area contributed by atoms with Gasteiger partial charge in [0.05, 0.1) is 15.9 Å². The molecule has 1 aromatic heterocycles. The van der Waals surface area contributed by atoms with Gasteiger partial charge in [-0.3, -0.25) is 9.12 Å². The topological polar surface area (TPSA) is 98.2 Å². The van der Waals surface area contributed by atoms with Crippen LogP contribution in [-0.4, -0.2) is 22.5 Å². The number of imidazole rings is 1. The summed E-state index contributed by atoms with van der Waals surface area (Å²) in [6.07, 6.45) is 1.59. The second-order valence-electron chi connectivity index (χ2n) is 4.33. The third kappa shape index (κ3) is 2.13. The van der Waals surface area contributed by atoms with Crippen LogP contribution in [0.3, 0.4) is 0 Å². The van der Waals surface area contributed by atoms with E-state index in [0.717, 1.165) is 11.2 Å². The number of benzene rings is 2. The zero-order valence-electron chi connectivity index (χ0n) is 10.3. The van der Waals surface area contributed by atoms with Gasteiger partial charge in [-0.25, -0.2) is 4.98 Å². The average molecular weight is 289 g/mol. The van der Waals surface area contributed by atoms with Gasteiger partial charge in [-0.1, -0.05) is 0 Å². The van der Waals surface area contributed by atoms with Crippen LogP contribution in [0.5, 0.6) is 0 Å². The first-order valence-corrected chi connectivity index (χ1v) is 7.20. The molecule has 0 amide bonds. The van der Waals surface area contributed by atoms with Crippen LogP contribution in [0.4, 0.5) is 5.69 Å². The van der Waals surface area contributed by atoms with E-state index in [0.29, 0.717) is 11.2 Å². The molecule has 0 aliphatic heterocycles. The molecule has 102 valence electrons. The van der Waals surface area contributed by atoms with E-state index >= 15 is 0 Å². The number of nitrogens with zero attached hydrogens (tertiary/aromatic N) is 2. The Bertz CT molecular complexity index is 883. The van der Waals surface area contributed by atoms with Crippen molar-refractivity contribution in [1.82, 2.24) is 9.55 Å². The summed E-state index contributed by atoms with van der Waals surface area (Å²) < 4.78 is 33.0. The zero-order chi connectivity index (χ0) is 14.3. The lowest BCUT2D eigenvalue weighted by Crippen LogP contribution is -1.98. The van der Waals surface area contributed by atoms with Crippen molar-refractivity contribution in [2.45, 2.75) is 4.90 Å². The molecule has 0 unspecified atom stereocenters. The van der Waals surface area contributed by atoms with Gasteiger partial charge in [-0.05, 0) is 42.5 Å². The van der Waals surface area contributed by atoms with Crippen molar-refractivity contribution in [2.75, 3.05) is 5.73 Å². The van der Waals surface area contributed by atoms with Crippen molar-refractivity contribution in [3.8, 4) is 5.69 Å². The first-order chi connectivity index (χ1) is 9.45. The standard InChI is InChI=1S/C13H11N3O3S/c14-9-1-3-10(4-2-9)16-8-15-12-7-11(20(17,18)19)5-6-13(12)16/h1-8H,14H2,(H,17,18,19). The third-order valence-electron chi connectivity index (χ3n) is 2.99. The highest BCUT2D eigenvalue weighted by atomic mass is 32.2. The van der Waals surface area contributed by atoms with Crippen LogP contribution in [0.2, 0.25) is 0 Å². The van der Waals surface area contributed by atoms with E-state index in [1.54, 1.807) is 24.5 Å². The maximum Gasteiger partial charge on any atom is 0.294 e. The Morgan fingerprint density at radius 1 is 1.10 bits per heavy atom. The van der Waals surface area contributed by atoms with E-state index < -0.39 is 10.1 Å². The van der Waals surface area contributed by atoms with Crippen molar-refractivity contribution < 1.29 is 13.0 Å². The molecule has 6 nitrogen and oxygen atoms in total. The number of fused-ring (bicyclic) bond motifs is 1. The molecule has 0 spiro atoms. The molecule has 0 bridgehead atoms. The van der Waals surface area contributed by atoms with Gasteiger partial charge < -0.3 is 5.73 Å². The largest absolute Gasteiger partial charge is 0.399 e. The van der Waals surface area contributed by atoms with Crippen LogP contribution in [0, 0.1) is 0 Å². The van der Waals surface area contributed by atoms with Gasteiger partial charge in [0, 0.05) is 11.4 Å². The molecule has 3 rings (SSSR count). The molecule has 3 aromatic rings. The van der Waals surface area contributed by atoms with Gasteiger partial charge in [0.1, 0.15) is 6.33 Å². The minimum atomic E-state index is -4.22. The number of aromatic nitrogens is 2. The van der Waals surface area contributed by atoms with E-state index in [1.807, 2.05) is 16.7 Å². The normalized spacial score (nSPS) is 11.8. The highest BCUT2D eigenvalue weighted by molar-refractivity contribution is 7.85. The molecule has 0 saturated heterocycles. The number of rotatable bonds is 2. The van der Waals surface area contributed by atoms with Gasteiger partial charge in [0.15, 0.2) is 0 Å². The Labute approximate surface area is 115 Å². The molecule has 3 N–H and O–H groups in total. The molecule has 0 aliphatic carbocycles. The quantitative estimate of drug-likeness (QED) is 0.554. The molecule has 20 heavy (non-hydrogen) atoms. The highest BCUT2D eigenvalue weighted by Gasteiger charge is 2.12. The Morgan fingerprint density at radius 3 is 2.45 bits per heavy atom. The number of nitrogens with two attached hydrogens (primary N) is 1. The highest BCUT2D eigenvalue weighted by Crippen LogP contribution is 2.21. The Morgan fingerprint density at radius 2 is 1.80 bits per heavy atom. The second-order valence-corrected chi connectivity index (χ2v) is 5.75. The summed E-state index contributed by atoms with van der Waals surface area (Å²) in [5.41, 5.74) is 8.38. The van der Waals surface area contributed by atoms with Gasteiger partial charge in [-0.15, -0.1) is 0 Å². The SMILES string of the molecule is Nc1ccc(-n2cnc3cc(S(=O)(=O)O)ccc32)cc1. The summed E-state index contributed by atoms with van der Waals surface area (Å²) in [6, 6.07) is 11.5. The lowest BCUT2D eigenvalue weighted by molar-refractivity contribution is 0.483. The Kier molecular flexibility index (Phi) is 2.73. The smallest absolute Gasteiger partial charge is 0.294 e. The van der Waals surface area contributed by atoms with E-state index in [-0.39, 0.29) is 4.90 Å². The lowest BCUT2D eigenvalue weighted by Gasteiger charge is -2.05. The van der Waals surface area contributed by atoms with Gasteiger partial charge in [0.25, 0.3) is 10.1 Å². The monoisotopic (exact) mass is 289 g/mol. The van der Waals surface area contributed by atoms with Crippen LogP contribution < -0.4 is 5.73 Å². The van der Waals surface area contributed by atoms with Crippen molar-refractivity contribution in [3.05, 3.63) is 48.8 Å². The van der Waals surface area contributed by atoms with E-state index in [2.05, 4.69) is 4.98 Å². The first kappa shape index (κ1) is 12.6. The summed E-state index contributed by atoms with van der Waals surface area (Å²) in [4.78, 5) is 3.97. The fourth-order valence-electron chi connectivity index (χ4n) is 1.99. The molecular formula is C13H11N3O3S. The van der Waals surface area contributed by atoms with Crippen LogP contribution in [0.15, 0.2) is 53.7 Å². The fraction of sp³-hybridized carbons (Fsp3) is 0. The number of hydrogen-bond acceptors (Lipinski definition) is 4. The predicted molar refractivity (Wildman–Crippen MR) is 75.3 cm³/mol. The van der Waals surface area contributed by atoms with E-state index in [1.165, 1.54) is 12.1 Å². The molecule has 0 saturated carbocycles. The van der Waals surface area contributed by atoms with Crippen LogP contribution >= 0.6 is 0 Å². The maximum absolute atomic E-state index is 11.1. The summed E-state index contributed by atoms with van der Waals surface area (Å²) >= 11 is 0. The summed E-state index contributed by atoms with van der Waals surface area (Å²) in [5, 5.41) is 0.